The zero-order valence-electron chi connectivity index (χ0n) is 16.1. The van der Waals surface area contributed by atoms with Crippen molar-refractivity contribution < 1.29 is 14.5 Å². The van der Waals surface area contributed by atoms with E-state index in [0.717, 1.165) is 26.2 Å². The van der Waals surface area contributed by atoms with Crippen molar-refractivity contribution in [3.8, 4) is 5.88 Å². The number of carbonyl (C=O) groups is 1. The number of amides is 1. The van der Waals surface area contributed by atoms with E-state index in [1.54, 1.807) is 31.3 Å². The third kappa shape index (κ3) is 4.04. The van der Waals surface area contributed by atoms with Crippen molar-refractivity contribution in [2.75, 3.05) is 50.6 Å². The summed E-state index contributed by atoms with van der Waals surface area (Å²) >= 11 is 0. The number of pyridine rings is 1. The number of likely N-dealkylation sites (N-methyl/N-ethyl adjacent to an activating group) is 1. The summed E-state index contributed by atoms with van der Waals surface area (Å²) in [6.45, 7) is 4.90. The molecule has 1 amide bonds. The van der Waals surface area contributed by atoms with Crippen LogP contribution in [-0.2, 0) is 0 Å². The van der Waals surface area contributed by atoms with Crippen LogP contribution in [-0.4, -0.2) is 61.1 Å². The van der Waals surface area contributed by atoms with Gasteiger partial charge in [-0.05, 0) is 37.7 Å². The first-order chi connectivity index (χ1) is 13.4. The van der Waals surface area contributed by atoms with Gasteiger partial charge in [0.05, 0.1) is 12.0 Å². The first-order valence-electron chi connectivity index (χ1n) is 8.93. The largest absolute Gasteiger partial charge is 0.480 e. The molecular weight excluding hydrogens is 362 g/mol. The number of methoxy groups -OCH3 is 1. The number of anilines is 2. The molecule has 2 heterocycles. The quantitative estimate of drug-likeness (QED) is 0.622. The fourth-order valence-electron chi connectivity index (χ4n) is 3.22. The standard InChI is InChI=1S/C19H23N5O4/c1-13-6-7-20-19(28-3)17(13)18(25)21-14-4-5-15(16(12-14)24(26)27)23-10-8-22(2)9-11-23/h4-7,12H,8-11H2,1-3H3,(H,21,25). The third-order valence-corrected chi connectivity index (χ3v) is 4.82. The molecule has 1 aromatic carbocycles. The molecule has 148 valence electrons. The zero-order valence-corrected chi connectivity index (χ0v) is 16.1. The Labute approximate surface area is 163 Å². The fraction of sp³-hybridized carbons (Fsp3) is 0.368. The lowest BCUT2D eigenvalue weighted by atomic mass is 10.1. The number of nitrogens with one attached hydrogen (secondary N) is 1. The lowest BCUT2D eigenvalue weighted by Crippen LogP contribution is -2.44. The van der Waals surface area contributed by atoms with Crippen LogP contribution < -0.4 is 15.0 Å². The van der Waals surface area contributed by atoms with Crippen LogP contribution in [0.3, 0.4) is 0 Å². The molecule has 1 aliphatic heterocycles. The molecule has 1 aliphatic rings. The summed E-state index contributed by atoms with van der Waals surface area (Å²) in [6.07, 6.45) is 1.56. The van der Waals surface area contributed by atoms with E-state index in [0.29, 0.717) is 22.5 Å². The van der Waals surface area contributed by atoms with E-state index >= 15 is 0 Å². The molecule has 1 N–H and O–H groups in total. The Kier molecular flexibility index (Phi) is 5.74. The van der Waals surface area contributed by atoms with Crippen molar-refractivity contribution in [3.05, 3.63) is 51.7 Å². The van der Waals surface area contributed by atoms with Gasteiger partial charge >= 0.3 is 0 Å². The third-order valence-electron chi connectivity index (χ3n) is 4.82. The second-order valence-electron chi connectivity index (χ2n) is 6.72. The van der Waals surface area contributed by atoms with Crippen molar-refractivity contribution >= 4 is 23.0 Å². The Morgan fingerprint density at radius 3 is 2.61 bits per heavy atom. The SMILES string of the molecule is COc1nccc(C)c1C(=O)Nc1ccc(N2CCN(C)CC2)c([N+](=O)[O-])c1. The number of hydrogen-bond donors (Lipinski definition) is 1. The van der Waals surface area contributed by atoms with Crippen LogP contribution in [0.1, 0.15) is 15.9 Å². The molecular formula is C19H23N5O4. The number of piperazine rings is 1. The number of ether oxygens (including phenoxy) is 1. The van der Waals surface area contributed by atoms with E-state index < -0.39 is 10.8 Å². The summed E-state index contributed by atoms with van der Waals surface area (Å²) in [5.41, 5.74) is 1.88. The molecule has 2 aromatic rings. The maximum absolute atomic E-state index is 12.7. The highest BCUT2D eigenvalue weighted by Crippen LogP contribution is 2.32. The summed E-state index contributed by atoms with van der Waals surface area (Å²) in [4.78, 5) is 32.1. The summed E-state index contributed by atoms with van der Waals surface area (Å²) in [7, 11) is 3.47. The first-order valence-corrected chi connectivity index (χ1v) is 8.93. The predicted octanol–water partition coefficient (Wildman–Crippen LogP) is 2.31. The normalized spacial score (nSPS) is 14.6. The van der Waals surface area contributed by atoms with E-state index in [1.165, 1.54) is 13.2 Å². The monoisotopic (exact) mass is 385 g/mol. The number of nitro groups is 1. The zero-order chi connectivity index (χ0) is 20.3. The van der Waals surface area contributed by atoms with Crippen molar-refractivity contribution in [1.29, 1.82) is 0 Å². The Morgan fingerprint density at radius 2 is 1.96 bits per heavy atom. The predicted molar refractivity (Wildman–Crippen MR) is 106 cm³/mol. The summed E-state index contributed by atoms with van der Waals surface area (Å²) in [5.74, 6) is -0.217. The summed E-state index contributed by atoms with van der Waals surface area (Å²) in [6, 6.07) is 6.46. The average molecular weight is 385 g/mol. The minimum atomic E-state index is -0.427. The molecule has 0 radical (unpaired) electrons. The number of nitrogens with zero attached hydrogens (tertiary/aromatic N) is 4. The molecule has 3 rings (SSSR count). The maximum atomic E-state index is 12.7. The maximum Gasteiger partial charge on any atom is 0.294 e. The number of aryl methyl sites for hydroxylation is 1. The minimum absolute atomic E-state index is 0.0303. The molecule has 0 bridgehead atoms. The highest BCUT2D eigenvalue weighted by atomic mass is 16.6. The first kappa shape index (κ1) is 19.6. The second-order valence-corrected chi connectivity index (χ2v) is 6.72. The molecule has 0 atom stereocenters. The molecule has 0 aliphatic carbocycles. The van der Waals surface area contributed by atoms with Crippen LogP contribution in [0.2, 0.25) is 0 Å². The minimum Gasteiger partial charge on any atom is -0.480 e. The van der Waals surface area contributed by atoms with Crippen molar-refractivity contribution in [3.63, 3.8) is 0 Å². The molecule has 0 spiro atoms. The topological polar surface area (TPSA) is 101 Å². The second kappa shape index (κ2) is 8.22. The van der Waals surface area contributed by atoms with Crippen molar-refractivity contribution in [2.24, 2.45) is 0 Å². The van der Waals surface area contributed by atoms with Gasteiger partial charge in [-0.3, -0.25) is 14.9 Å². The van der Waals surface area contributed by atoms with E-state index in [9.17, 15) is 14.9 Å². The number of benzene rings is 1. The Bertz CT molecular complexity index is 894. The fourth-order valence-corrected chi connectivity index (χ4v) is 3.22. The van der Waals surface area contributed by atoms with Gasteiger partial charge in [0, 0.05) is 44.1 Å². The molecule has 9 nitrogen and oxygen atoms in total. The van der Waals surface area contributed by atoms with Crippen molar-refractivity contribution in [1.82, 2.24) is 9.88 Å². The Morgan fingerprint density at radius 1 is 1.25 bits per heavy atom. The lowest BCUT2D eigenvalue weighted by molar-refractivity contribution is -0.384. The number of rotatable bonds is 5. The van der Waals surface area contributed by atoms with Gasteiger partial charge in [-0.1, -0.05) is 0 Å². The van der Waals surface area contributed by atoms with Crippen LogP contribution in [0.15, 0.2) is 30.5 Å². The van der Waals surface area contributed by atoms with Gasteiger partial charge in [0.2, 0.25) is 5.88 Å². The average Bonchev–Trinajstić information content (AvgIpc) is 2.68. The number of carbonyl (C=O) groups excluding carboxylic acids is 1. The van der Waals surface area contributed by atoms with E-state index in [4.69, 9.17) is 4.74 Å². The van der Waals surface area contributed by atoms with Gasteiger partial charge < -0.3 is 19.9 Å². The highest BCUT2D eigenvalue weighted by molar-refractivity contribution is 6.07. The molecule has 9 heteroatoms. The van der Waals surface area contributed by atoms with Gasteiger partial charge in [0.25, 0.3) is 11.6 Å². The summed E-state index contributed by atoms with van der Waals surface area (Å²) in [5, 5.41) is 14.3. The molecule has 1 aromatic heterocycles. The van der Waals surface area contributed by atoms with E-state index in [-0.39, 0.29) is 11.6 Å². The van der Waals surface area contributed by atoms with Crippen LogP contribution in [0.4, 0.5) is 17.1 Å². The lowest BCUT2D eigenvalue weighted by Gasteiger charge is -2.33. The Hall–Kier alpha value is -3.20. The smallest absolute Gasteiger partial charge is 0.294 e. The molecule has 0 unspecified atom stereocenters. The van der Waals surface area contributed by atoms with Gasteiger partial charge in [-0.25, -0.2) is 4.98 Å². The van der Waals surface area contributed by atoms with Gasteiger partial charge in [-0.2, -0.15) is 0 Å². The van der Waals surface area contributed by atoms with Crippen LogP contribution in [0.5, 0.6) is 5.88 Å². The summed E-state index contributed by atoms with van der Waals surface area (Å²) < 4.78 is 5.16. The number of aromatic nitrogens is 1. The van der Waals surface area contributed by atoms with Crippen LogP contribution in [0.25, 0.3) is 0 Å². The van der Waals surface area contributed by atoms with Crippen LogP contribution in [0, 0.1) is 17.0 Å². The van der Waals surface area contributed by atoms with E-state index in [2.05, 4.69) is 15.2 Å². The van der Waals surface area contributed by atoms with Gasteiger partial charge in [0.15, 0.2) is 0 Å². The molecule has 1 saturated heterocycles. The van der Waals surface area contributed by atoms with Gasteiger partial charge in [0.1, 0.15) is 11.3 Å². The van der Waals surface area contributed by atoms with Gasteiger partial charge in [-0.15, -0.1) is 0 Å². The number of nitro benzene ring substituents is 1. The van der Waals surface area contributed by atoms with Crippen LogP contribution >= 0.6 is 0 Å². The Balaban J connectivity index is 1.87. The van der Waals surface area contributed by atoms with Crippen molar-refractivity contribution in [2.45, 2.75) is 6.92 Å². The molecule has 1 fully saturated rings. The molecule has 28 heavy (non-hydrogen) atoms. The highest BCUT2D eigenvalue weighted by Gasteiger charge is 2.24. The number of hydrogen-bond acceptors (Lipinski definition) is 7. The van der Waals surface area contributed by atoms with E-state index in [1.807, 2.05) is 11.9 Å². The molecule has 0 saturated carbocycles.